The van der Waals surface area contributed by atoms with Crippen molar-refractivity contribution in [1.29, 1.82) is 0 Å². The number of β-amino-alcohol motifs (C(OH)–C–C–N with tert-alkyl or cyclic N) is 1. The molecule has 0 spiro atoms. The van der Waals surface area contributed by atoms with E-state index in [0.29, 0.717) is 34.2 Å². The van der Waals surface area contributed by atoms with E-state index in [0.717, 1.165) is 13.1 Å². The lowest BCUT2D eigenvalue weighted by atomic mass is 10.1. The van der Waals surface area contributed by atoms with Gasteiger partial charge in [-0.05, 0) is 44.2 Å². The third-order valence-electron chi connectivity index (χ3n) is 4.95. The van der Waals surface area contributed by atoms with Gasteiger partial charge in [-0.25, -0.2) is 0 Å². The van der Waals surface area contributed by atoms with Crippen LogP contribution in [0.4, 0.5) is 0 Å². The molecule has 148 valence electrons. The molecule has 2 heterocycles. The molecule has 1 aromatic heterocycles. The van der Waals surface area contributed by atoms with E-state index in [2.05, 4.69) is 4.90 Å². The lowest BCUT2D eigenvalue weighted by molar-refractivity contribution is -0.0786. The van der Waals surface area contributed by atoms with E-state index >= 15 is 0 Å². The fraction of sp³-hybridized carbons (Fsp3) is 0.409. The van der Waals surface area contributed by atoms with Crippen LogP contribution >= 0.6 is 0 Å². The zero-order valence-corrected chi connectivity index (χ0v) is 16.1. The van der Waals surface area contributed by atoms with E-state index in [1.807, 2.05) is 26.0 Å². The molecular weight excluding hydrogens is 358 g/mol. The Bertz CT molecular complexity index is 1020. The van der Waals surface area contributed by atoms with Gasteiger partial charge in [-0.1, -0.05) is 12.1 Å². The first-order chi connectivity index (χ1) is 13.5. The number of benzene rings is 2. The first-order valence-corrected chi connectivity index (χ1v) is 9.64. The Morgan fingerprint density at radius 3 is 2.61 bits per heavy atom. The molecule has 3 aromatic rings. The van der Waals surface area contributed by atoms with Gasteiger partial charge >= 0.3 is 0 Å². The molecule has 0 saturated carbocycles. The number of rotatable bonds is 5. The lowest BCUT2D eigenvalue weighted by Crippen LogP contribution is -2.48. The van der Waals surface area contributed by atoms with Gasteiger partial charge in [0.25, 0.3) is 0 Å². The Kier molecular flexibility index (Phi) is 5.35. The number of fused-ring (bicyclic) bond motifs is 2. The molecule has 0 radical (unpaired) electrons. The van der Waals surface area contributed by atoms with Crippen LogP contribution in [0.25, 0.3) is 21.9 Å². The van der Waals surface area contributed by atoms with E-state index in [1.54, 1.807) is 30.3 Å². The van der Waals surface area contributed by atoms with Crippen LogP contribution in [0.15, 0.2) is 51.7 Å². The van der Waals surface area contributed by atoms with Gasteiger partial charge in [0.05, 0.1) is 23.0 Å². The summed E-state index contributed by atoms with van der Waals surface area (Å²) in [6.07, 6.45) is -0.306. The molecule has 0 aliphatic carbocycles. The Labute approximate surface area is 163 Å². The number of para-hydroxylation sites is 1. The molecule has 1 saturated heterocycles. The minimum atomic E-state index is -0.624. The number of aliphatic hydroxyl groups is 1. The number of ether oxygens (including phenoxy) is 2. The van der Waals surface area contributed by atoms with Gasteiger partial charge in [0, 0.05) is 19.6 Å². The van der Waals surface area contributed by atoms with Crippen LogP contribution in [-0.2, 0) is 4.74 Å². The molecule has 3 atom stereocenters. The van der Waals surface area contributed by atoms with Crippen molar-refractivity contribution < 1.29 is 19.0 Å². The van der Waals surface area contributed by atoms with Crippen molar-refractivity contribution in [3.8, 4) is 5.75 Å². The average Bonchev–Trinajstić information content (AvgIpc) is 2.66. The molecule has 6 heteroatoms. The van der Waals surface area contributed by atoms with Crippen molar-refractivity contribution in [3.63, 3.8) is 0 Å². The van der Waals surface area contributed by atoms with Crippen molar-refractivity contribution in [2.24, 2.45) is 0 Å². The van der Waals surface area contributed by atoms with E-state index in [1.165, 1.54) is 0 Å². The molecule has 1 fully saturated rings. The summed E-state index contributed by atoms with van der Waals surface area (Å²) in [5, 5.41) is 11.4. The molecule has 4 rings (SSSR count). The van der Waals surface area contributed by atoms with Gasteiger partial charge < -0.3 is 19.0 Å². The predicted molar refractivity (Wildman–Crippen MR) is 108 cm³/mol. The maximum absolute atomic E-state index is 12.7. The number of hydrogen-bond donors (Lipinski definition) is 1. The predicted octanol–water partition coefficient (Wildman–Crippen LogP) is 2.80. The minimum absolute atomic E-state index is 0.0841. The molecule has 3 unspecified atom stereocenters. The molecule has 0 amide bonds. The van der Waals surface area contributed by atoms with Crippen molar-refractivity contribution in [2.45, 2.75) is 32.2 Å². The van der Waals surface area contributed by atoms with Crippen LogP contribution in [0.5, 0.6) is 5.75 Å². The Balaban J connectivity index is 1.45. The largest absolute Gasteiger partial charge is 0.491 e. The molecule has 1 N–H and O–H groups in total. The monoisotopic (exact) mass is 383 g/mol. The topological polar surface area (TPSA) is 72.1 Å². The van der Waals surface area contributed by atoms with Crippen molar-refractivity contribution in [3.05, 3.63) is 52.7 Å². The van der Waals surface area contributed by atoms with Crippen LogP contribution in [0.1, 0.15) is 13.8 Å². The molecule has 0 bridgehead atoms. The van der Waals surface area contributed by atoms with E-state index in [-0.39, 0.29) is 24.2 Å². The summed E-state index contributed by atoms with van der Waals surface area (Å²) >= 11 is 0. The number of aliphatic hydroxyl groups excluding tert-OH is 1. The van der Waals surface area contributed by atoms with Crippen molar-refractivity contribution in [1.82, 2.24) is 4.90 Å². The molecule has 1 aliphatic heterocycles. The van der Waals surface area contributed by atoms with Gasteiger partial charge in [0.1, 0.15) is 29.6 Å². The second kappa shape index (κ2) is 7.91. The molecule has 2 aromatic carbocycles. The summed E-state index contributed by atoms with van der Waals surface area (Å²) in [4.78, 5) is 14.9. The fourth-order valence-corrected chi connectivity index (χ4v) is 3.85. The highest BCUT2D eigenvalue weighted by molar-refractivity contribution is 5.90. The third kappa shape index (κ3) is 4.04. The highest BCUT2D eigenvalue weighted by Gasteiger charge is 2.24. The van der Waals surface area contributed by atoms with Gasteiger partial charge in [0.2, 0.25) is 5.43 Å². The molecule has 6 nitrogen and oxygen atoms in total. The Morgan fingerprint density at radius 1 is 1.11 bits per heavy atom. The summed E-state index contributed by atoms with van der Waals surface area (Å²) in [6, 6.07) is 12.4. The van der Waals surface area contributed by atoms with Crippen LogP contribution in [0.3, 0.4) is 0 Å². The van der Waals surface area contributed by atoms with Gasteiger partial charge in [-0.15, -0.1) is 0 Å². The average molecular weight is 383 g/mol. The van der Waals surface area contributed by atoms with E-state index in [4.69, 9.17) is 13.9 Å². The summed E-state index contributed by atoms with van der Waals surface area (Å²) in [5.74, 6) is 0.540. The zero-order chi connectivity index (χ0) is 19.7. The highest BCUT2D eigenvalue weighted by atomic mass is 16.5. The number of nitrogens with zero attached hydrogens (tertiary/aromatic N) is 1. The van der Waals surface area contributed by atoms with Crippen LogP contribution in [-0.4, -0.2) is 54.6 Å². The summed E-state index contributed by atoms with van der Waals surface area (Å²) in [6.45, 7) is 6.35. The lowest BCUT2D eigenvalue weighted by Gasteiger charge is -2.36. The smallest absolute Gasteiger partial charge is 0.200 e. The van der Waals surface area contributed by atoms with Gasteiger partial charge in [-0.2, -0.15) is 0 Å². The Hall–Kier alpha value is -2.41. The summed E-state index contributed by atoms with van der Waals surface area (Å²) in [5.41, 5.74) is 1.00. The third-order valence-corrected chi connectivity index (χ3v) is 4.95. The first-order valence-electron chi connectivity index (χ1n) is 9.64. The quantitative estimate of drug-likeness (QED) is 0.683. The molecule has 1 aliphatic rings. The maximum Gasteiger partial charge on any atom is 0.200 e. The van der Waals surface area contributed by atoms with E-state index in [9.17, 15) is 9.90 Å². The van der Waals surface area contributed by atoms with Crippen LogP contribution in [0, 0.1) is 0 Å². The maximum atomic E-state index is 12.7. The van der Waals surface area contributed by atoms with Gasteiger partial charge in [0.15, 0.2) is 0 Å². The normalized spacial score (nSPS) is 21.8. The SMILES string of the molecule is CC1CN(CC(O)COc2ccc3oc4ccccc4c(=O)c3c2)CC(C)O1. The first kappa shape index (κ1) is 18.9. The summed E-state index contributed by atoms with van der Waals surface area (Å²) < 4.78 is 17.3. The molecular formula is C22H25NO5. The Morgan fingerprint density at radius 2 is 1.82 bits per heavy atom. The van der Waals surface area contributed by atoms with Crippen molar-refractivity contribution >= 4 is 21.9 Å². The fourth-order valence-electron chi connectivity index (χ4n) is 3.85. The van der Waals surface area contributed by atoms with Crippen molar-refractivity contribution in [2.75, 3.05) is 26.2 Å². The second-order valence-corrected chi connectivity index (χ2v) is 7.53. The highest BCUT2D eigenvalue weighted by Crippen LogP contribution is 2.22. The van der Waals surface area contributed by atoms with Crippen LogP contribution < -0.4 is 10.2 Å². The van der Waals surface area contributed by atoms with E-state index < -0.39 is 6.10 Å². The minimum Gasteiger partial charge on any atom is -0.491 e. The standard InChI is InChI=1S/C22H25NO5/c1-14-10-23(11-15(2)27-14)12-16(24)13-26-17-7-8-21-19(9-17)22(25)18-5-3-4-6-20(18)28-21/h3-9,14-16,24H,10-13H2,1-2H3. The zero-order valence-electron chi connectivity index (χ0n) is 16.1. The number of morpholine rings is 1. The second-order valence-electron chi connectivity index (χ2n) is 7.53. The number of hydrogen-bond acceptors (Lipinski definition) is 6. The van der Waals surface area contributed by atoms with Gasteiger partial charge in [-0.3, -0.25) is 9.69 Å². The van der Waals surface area contributed by atoms with Crippen LogP contribution in [0.2, 0.25) is 0 Å². The summed E-state index contributed by atoms with van der Waals surface area (Å²) in [7, 11) is 0. The molecule has 28 heavy (non-hydrogen) atoms.